The van der Waals surface area contributed by atoms with Gasteiger partial charge in [-0.1, -0.05) is 47.8 Å². The number of fused-ring (bicyclic) bond motifs is 2. The number of phenolic OH excluding ortho intramolecular Hbond substituents is 1. The summed E-state index contributed by atoms with van der Waals surface area (Å²) in [7, 11) is 3.20. The fourth-order valence-corrected chi connectivity index (χ4v) is 14.5. The Morgan fingerprint density at radius 2 is 1.18 bits per heavy atom. The molecule has 33 nitrogen and oxygen atoms in total. The number of urea groups is 2. The van der Waals surface area contributed by atoms with Crippen LogP contribution < -0.4 is 26.0 Å². The second-order valence-electron chi connectivity index (χ2n) is 19.8. The van der Waals surface area contributed by atoms with Gasteiger partial charge in [0.1, 0.15) is 52.1 Å². The first kappa shape index (κ1) is 61.0. The number of carboxylic acid groups (broad SMARTS) is 1. The smallest absolute Gasteiger partial charge is 0.360 e. The molecule has 6 aliphatic rings. The zero-order valence-corrected chi connectivity index (χ0v) is 49.5. The molecule has 4 saturated heterocycles. The number of carbonyl (C=O) groups is 12. The van der Waals surface area contributed by atoms with E-state index in [-0.39, 0.29) is 84.9 Å². The lowest BCUT2D eigenvalue weighted by Crippen LogP contribution is -2.74. The number of β-lactam (4-membered cyclic amide) rings is 2. The summed E-state index contributed by atoms with van der Waals surface area (Å²) in [6.07, 6.45) is 0. The molecule has 10 rings (SSSR count). The number of nitrogens with one attached hydrogen (secondary N) is 4. The molecule has 7 atom stereocenters. The topological polar surface area (TPSA) is 409 Å². The summed E-state index contributed by atoms with van der Waals surface area (Å²) in [5, 5.41) is 53.8. The average molecular weight is 1270 g/mol. The fourth-order valence-electron chi connectivity index (χ4n) is 9.96. The Bertz CT molecular complexity index is 3580. The Hall–Kier alpha value is -9.10. The number of likely N-dealkylation sites (N-methyl/N-ethyl adjacent to an activating group) is 2. The summed E-state index contributed by atoms with van der Waals surface area (Å²) >= 11 is 4.57. The lowest BCUT2D eigenvalue weighted by molar-refractivity contribution is -0.160. The number of aliphatic carboxylic acids is 1. The molecular formula is C50H52N18O15S4. The molecule has 0 saturated carbocycles. The number of carbonyl (C=O) groups excluding carboxylic acids is 11. The number of hydrogen-bond donors (Lipinski definition) is 6. The molecular weight excluding hydrogens is 1220 g/mol. The maximum absolute atomic E-state index is 14.6. The van der Waals surface area contributed by atoms with E-state index in [1.165, 1.54) is 79.5 Å². The third kappa shape index (κ3) is 12.1. The van der Waals surface area contributed by atoms with Gasteiger partial charge in [-0.05, 0) is 86.6 Å². The highest BCUT2D eigenvalue weighted by Gasteiger charge is 2.57. The average Bonchev–Trinajstić information content (AvgIpc) is 1.25. The standard InChI is InChI=1S/C50H52N18O15S4/c1-5-63-15-17-65(41(76)39(63)74)47(81)53-29(23-7-11-27(69)12-8-23)35(70)52-32-38(73)68-34(26(20-85-44(32)68)22-87-50-56-58-60-62(50)4)46(80)83-28-13-9-24(10-14-28)30(54-48(82)66-18-16-64(6-2)40(75)42(66)77)36(71)51-31-37(72)67-33(45(78)79)25(19-84-43(31)67)21-86-49-55-57-59-61(49)3/h7-14,19,29-33,43-44,69H,5-6,15-18,20-22H2,1-4H3,(H,51,71)(H,52,70)(H,53,81)(H,54,82)(H,78,79)/t29-,30-,31-,32-,33?,43-,44-/m1/s1. The van der Waals surface area contributed by atoms with Gasteiger partial charge in [0, 0.05) is 70.6 Å². The quantitative estimate of drug-likeness (QED) is 0.0193. The Balaban J connectivity index is 0.873. The number of ether oxygens (including phenoxy) is 1. The molecule has 2 aromatic carbocycles. The van der Waals surface area contributed by atoms with E-state index in [2.05, 4.69) is 52.3 Å². The number of rotatable bonds is 19. The second-order valence-corrected chi connectivity index (χ2v) is 23.8. The number of amides is 12. The van der Waals surface area contributed by atoms with E-state index >= 15 is 0 Å². The predicted octanol–water partition coefficient (Wildman–Crippen LogP) is -2.10. The maximum Gasteiger partial charge on any atom is 0.360 e. The Morgan fingerprint density at radius 3 is 1.68 bits per heavy atom. The van der Waals surface area contributed by atoms with Crippen molar-refractivity contribution < 1.29 is 72.5 Å². The van der Waals surface area contributed by atoms with Crippen molar-refractivity contribution in [1.29, 1.82) is 0 Å². The molecule has 12 amide bonds. The van der Waals surface area contributed by atoms with E-state index in [4.69, 9.17) is 4.74 Å². The van der Waals surface area contributed by atoms with Gasteiger partial charge in [0.2, 0.25) is 28.0 Å². The molecule has 0 radical (unpaired) electrons. The highest BCUT2D eigenvalue weighted by molar-refractivity contribution is 8.03. The number of aromatic hydroxyl groups is 1. The molecule has 4 fully saturated rings. The summed E-state index contributed by atoms with van der Waals surface area (Å²) < 4.78 is 8.68. The molecule has 2 aromatic heterocycles. The van der Waals surface area contributed by atoms with Gasteiger partial charge in [0.15, 0.2) is 6.04 Å². The van der Waals surface area contributed by atoms with Crippen molar-refractivity contribution in [2.24, 2.45) is 14.1 Å². The number of tetrazole rings is 2. The Morgan fingerprint density at radius 1 is 0.678 bits per heavy atom. The van der Waals surface area contributed by atoms with E-state index in [1.54, 1.807) is 33.4 Å². The van der Waals surface area contributed by atoms with E-state index in [9.17, 15) is 67.7 Å². The third-order valence-corrected chi connectivity index (χ3v) is 19.4. The number of esters is 1. The number of benzene rings is 2. The summed E-state index contributed by atoms with van der Waals surface area (Å²) in [5.74, 6) is -9.92. The normalized spacial score (nSPS) is 21.7. The van der Waals surface area contributed by atoms with E-state index < -0.39 is 112 Å². The van der Waals surface area contributed by atoms with Gasteiger partial charge in [0.25, 0.3) is 5.91 Å². The highest BCUT2D eigenvalue weighted by Crippen LogP contribution is 2.44. The molecule has 0 bridgehead atoms. The van der Waals surface area contributed by atoms with Crippen LogP contribution in [0.5, 0.6) is 11.5 Å². The van der Waals surface area contributed by atoms with Crippen LogP contribution in [0.3, 0.4) is 0 Å². The largest absolute Gasteiger partial charge is 0.508 e. The number of aryl methyl sites for hydroxylation is 2. The Labute approximate surface area is 508 Å². The third-order valence-electron chi connectivity index (χ3n) is 14.6. The second kappa shape index (κ2) is 25.5. The van der Waals surface area contributed by atoms with Crippen LogP contribution in [0.1, 0.15) is 37.1 Å². The van der Waals surface area contributed by atoms with Crippen molar-refractivity contribution in [1.82, 2.24) is 91.1 Å². The molecule has 1 unspecified atom stereocenters. The van der Waals surface area contributed by atoms with Crippen LogP contribution in [0.2, 0.25) is 0 Å². The zero-order valence-electron chi connectivity index (χ0n) is 46.2. The van der Waals surface area contributed by atoms with Gasteiger partial charge < -0.3 is 50.9 Å². The van der Waals surface area contributed by atoms with Crippen molar-refractivity contribution >= 4 is 118 Å². The van der Waals surface area contributed by atoms with E-state index in [1.807, 2.05) is 0 Å². The lowest BCUT2D eigenvalue weighted by Gasteiger charge is -2.51. The van der Waals surface area contributed by atoms with Crippen LogP contribution in [0.15, 0.2) is 81.1 Å². The van der Waals surface area contributed by atoms with Gasteiger partial charge in [-0.25, -0.2) is 28.5 Å². The number of carboxylic acids is 1. The zero-order chi connectivity index (χ0) is 62.1. The number of piperazine rings is 2. The van der Waals surface area contributed by atoms with Gasteiger partial charge in [-0.2, -0.15) is 0 Å². The van der Waals surface area contributed by atoms with E-state index in [0.717, 1.165) is 45.1 Å². The highest BCUT2D eigenvalue weighted by atomic mass is 32.2. The van der Waals surface area contributed by atoms with Gasteiger partial charge in [-0.15, -0.1) is 33.7 Å². The van der Waals surface area contributed by atoms with Crippen LogP contribution in [-0.2, 0) is 62.0 Å². The van der Waals surface area contributed by atoms with Gasteiger partial charge >= 0.3 is 47.6 Å². The van der Waals surface area contributed by atoms with Gasteiger partial charge in [0.05, 0.1) is 0 Å². The number of aromatic nitrogens is 8. The van der Waals surface area contributed by atoms with Crippen molar-refractivity contribution in [3.8, 4) is 11.5 Å². The minimum Gasteiger partial charge on any atom is -0.508 e. The maximum atomic E-state index is 14.6. The summed E-state index contributed by atoms with van der Waals surface area (Å²) in [4.78, 5) is 169. The number of imide groups is 2. The first-order valence-electron chi connectivity index (χ1n) is 26.5. The number of thioether (sulfide) groups is 4. The van der Waals surface area contributed by atoms with Crippen molar-refractivity contribution in [3.63, 3.8) is 0 Å². The molecule has 0 aliphatic carbocycles. The first-order valence-corrected chi connectivity index (χ1v) is 30.5. The Kier molecular flexibility index (Phi) is 17.9. The molecule has 4 aromatic rings. The lowest BCUT2D eigenvalue weighted by atomic mass is 9.98. The summed E-state index contributed by atoms with van der Waals surface area (Å²) in [6, 6.07) is 0.860. The molecule has 8 heterocycles. The van der Waals surface area contributed by atoms with Crippen LogP contribution in [-0.4, -0.2) is 237 Å². The van der Waals surface area contributed by atoms with Crippen LogP contribution >= 0.6 is 47.0 Å². The van der Waals surface area contributed by atoms with Crippen molar-refractivity contribution in [2.75, 3.05) is 56.5 Å². The van der Waals surface area contributed by atoms with E-state index in [0.29, 0.717) is 31.3 Å². The summed E-state index contributed by atoms with van der Waals surface area (Å²) in [6.45, 7) is 3.41. The SMILES string of the molecule is CCN1CCN(C(=O)N[C@@H](C(=O)N[C@@H]2C(=O)N3C(C(=O)Oc4ccc([C@@H](NC(=O)N5CCN(CC)C(=O)C5=O)C(=O)N[C@@H]5C(=O)N6C(C(=O)O)C(CSc7nnnn7C)=CS[C@H]56)cc4)=C(CSc4nnnn4C)CS[C@H]23)c2ccc(O)cc2)C(=O)C1=O. The number of nitrogens with zero attached hydrogens (tertiary/aromatic N) is 14. The van der Waals surface area contributed by atoms with Gasteiger partial charge in [-0.3, -0.25) is 53.1 Å². The molecule has 87 heavy (non-hydrogen) atoms. The molecule has 6 N–H and O–H groups in total. The summed E-state index contributed by atoms with van der Waals surface area (Å²) in [5.41, 5.74) is 0.721. The minimum absolute atomic E-state index is 0.00443. The molecule has 6 aliphatic heterocycles. The fraction of sp³-hybridized carbons (Fsp3) is 0.400. The monoisotopic (exact) mass is 1270 g/mol. The number of hydrogen-bond acceptors (Lipinski definition) is 24. The minimum atomic E-state index is -1.70. The predicted molar refractivity (Wildman–Crippen MR) is 301 cm³/mol. The van der Waals surface area contributed by atoms with Crippen LogP contribution in [0.25, 0.3) is 0 Å². The number of phenols is 1. The van der Waals surface area contributed by atoms with Crippen molar-refractivity contribution in [3.05, 3.63) is 81.9 Å². The van der Waals surface area contributed by atoms with Crippen molar-refractivity contribution in [2.45, 2.75) is 65.1 Å². The van der Waals surface area contributed by atoms with Crippen LogP contribution in [0.4, 0.5) is 9.59 Å². The molecule has 37 heteroatoms. The molecule has 0 spiro atoms. The first-order chi connectivity index (χ1) is 41.7. The molecule has 456 valence electrons. The van der Waals surface area contributed by atoms with Crippen LogP contribution in [0, 0.1) is 0 Å².